The molecule has 0 bridgehead atoms. The van der Waals surface area contributed by atoms with Gasteiger partial charge in [0, 0.05) is 6.42 Å². The Bertz CT molecular complexity index is 1660. The average molecular weight is 1070 g/mol. The topological polar surface area (TPSA) is 307 Å². The third-order valence-electron chi connectivity index (χ3n) is 13.5. The van der Waals surface area contributed by atoms with Crippen molar-refractivity contribution in [2.24, 2.45) is 0 Å². The van der Waals surface area contributed by atoms with E-state index in [0.29, 0.717) is 19.3 Å². The van der Waals surface area contributed by atoms with Crippen molar-refractivity contribution < 1.29 is 89.4 Å². The maximum absolute atomic E-state index is 13.2. The van der Waals surface area contributed by atoms with Crippen molar-refractivity contribution >= 4 is 5.91 Å². The summed E-state index contributed by atoms with van der Waals surface area (Å²) in [5, 5.41) is 120. The highest BCUT2D eigenvalue weighted by Gasteiger charge is 2.53. The highest BCUT2D eigenvalue weighted by molar-refractivity contribution is 5.76. The first kappa shape index (κ1) is 66.5. The quantitative estimate of drug-likeness (QED) is 0.0311. The van der Waals surface area contributed by atoms with Gasteiger partial charge in [-0.05, 0) is 64.2 Å². The highest BCUT2D eigenvalue weighted by atomic mass is 16.8. The molecule has 1 amide bonds. The Labute approximate surface area is 445 Å². The number of carbonyl (C=O) groups excluding carboxylic acids is 1. The van der Waals surface area contributed by atoms with Crippen molar-refractivity contribution in [1.82, 2.24) is 5.32 Å². The summed E-state index contributed by atoms with van der Waals surface area (Å²) in [5.41, 5.74) is 0. The molecule has 0 aromatic carbocycles. The number of amides is 1. The molecule has 0 radical (unpaired) electrons. The fourth-order valence-electron chi connectivity index (χ4n) is 8.96. The number of allylic oxidation sites excluding steroid dienone is 12. The number of nitrogens with one attached hydrogen (secondary N) is 1. The second-order valence-corrected chi connectivity index (χ2v) is 19.7. The van der Waals surface area contributed by atoms with Gasteiger partial charge < -0.3 is 89.9 Å². The van der Waals surface area contributed by atoms with E-state index in [2.05, 4.69) is 92.1 Å². The van der Waals surface area contributed by atoms with Gasteiger partial charge in [0.05, 0.1) is 38.6 Å². The van der Waals surface area contributed by atoms with Crippen LogP contribution in [0.25, 0.3) is 0 Å². The molecule has 17 atom stereocenters. The number of ether oxygens (including phenoxy) is 6. The maximum Gasteiger partial charge on any atom is 0.220 e. The van der Waals surface area contributed by atoms with Crippen molar-refractivity contribution in [2.45, 2.75) is 247 Å². The minimum Gasteiger partial charge on any atom is -0.394 e. The van der Waals surface area contributed by atoms with E-state index in [9.17, 15) is 61.0 Å². The zero-order valence-corrected chi connectivity index (χ0v) is 44.5. The molecule has 75 heavy (non-hydrogen) atoms. The van der Waals surface area contributed by atoms with Gasteiger partial charge in [0.25, 0.3) is 0 Å². The standard InChI is InChI=1S/C56H95NO18/c1-3-5-7-9-11-12-13-14-15-16-17-18-19-20-21-22-23-24-25-26-28-30-32-34-44(62)57-39(40(61)33-31-29-27-10-8-6-4-2)38-70-54-50(68)47(65)52(42(36-59)72-54)75-56-51(69)48(66)53(43(37-60)73-56)74-55-49(67)46(64)45(63)41(35-58)71-55/h5,7,11-12,14-15,17-18,20-21,23-24,39-43,45-56,58-61,63-69H,3-4,6,8-10,13,16,19,22,25-38H2,1-2H3,(H,57,62)/b7-5-,12-11-,15-14-,18-17-,21-20-,24-23-. The van der Waals surface area contributed by atoms with Crippen LogP contribution in [-0.2, 0) is 33.2 Å². The van der Waals surface area contributed by atoms with Gasteiger partial charge in [0.15, 0.2) is 18.9 Å². The highest BCUT2D eigenvalue weighted by Crippen LogP contribution is 2.33. The van der Waals surface area contributed by atoms with Crippen LogP contribution in [-0.4, -0.2) is 193 Å². The first-order chi connectivity index (χ1) is 36.3. The Kier molecular flexibility index (Phi) is 35.1. The first-order valence-electron chi connectivity index (χ1n) is 27.7. The van der Waals surface area contributed by atoms with Crippen LogP contribution in [0.1, 0.15) is 142 Å². The molecule has 3 heterocycles. The molecular formula is C56H95NO18. The lowest BCUT2D eigenvalue weighted by Crippen LogP contribution is -2.66. The first-order valence-corrected chi connectivity index (χ1v) is 27.7. The van der Waals surface area contributed by atoms with Crippen LogP contribution in [0.3, 0.4) is 0 Å². The molecule has 19 heteroatoms. The van der Waals surface area contributed by atoms with E-state index in [1.54, 1.807) is 0 Å². The molecule has 3 aliphatic rings. The number of rotatable bonds is 38. The Balaban J connectivity index is 1.46. The van der Waals surface area contributed by atoms with Crippen LogP contribution >= 0.6 is 0 Å². The summed E-state index contributed by atoms with van der Waals surface area (Å²) < 4.78 is 34.1. The van der Waals surface area contributed by atoms with Crippen molar-refractivity contribution in [3.8, 4) is 0 Å². The van der Waals surface area contributed by atoms with Gasteiger partial charge in [-0.3, -0.25) is 4.79 Å². The smallest absolute Gasteiger partial charge is 0.220 e. The lowest BCUT2D eigenvalue weighted by atomic mass is 9.96. The minimum absolute atomic E-state index is 0.231. The van der Waals surface area contributed by atoms with Crippen LogP contribution < -0.4 is 5.32 Å². The van der Waals surface area contributed by atoms with Crippen molar-refractivity contribution in [2.75, 3.05) is 26.4 Å². The van der Waals surface area contributed by atoms with E-state index in [4.69, 9.17) is 28.4 Å². The van der Waals surface area contributed by atoms with Crippen LogP contribution in [0.2, 0.25) is 0 Å². The fourth-order valence-corrected chi connectivity index (χ4v) is 8.96. The van der Waals surface area contributed by atoms with Gasteiger partial charge in [-0.25, -0.2) is 0 Å². The summed E-state index contributed by atoms with van der Waals surface area (Å²) >= 11 is 0. The lowest BCUT2D eigenvalue weighted by Gasteiger charge is -2.48. The molecule has 3 saturated heterocycles. The predicted octanol–water partition coefficient (Wildman–Crippen LogP) is 3.48. The normalized spacial score (nSPS) is 31.8. The zero-order chi connectivity index (χ0) is 54.8. The molecule has 19 nitrogen and oxygen atoms in total. The predicted molar refractivity (Wildman–Crippen MR) is 281 cm³/mol. The molecule has 0 spiro atoms. The van der Waals surface area contributed by atoms with E-state index >= 15 is 0 Å². The Hall–Kier alpha value is -2.77. The lowest BCUT2D eigenvalue weighted by molar-refractivity contribution is -0.379. The third kappa shape index (κ3) is 24.4. The van der Waals surface area contributed by atoms with Crippen molar-refractivity contribution in [3.63, 3.8) is 0 Å². The van der Waals surface area contributed by atoms with Gasteiger partial charge in [-0.2, -0.15) is 0 Å². The van der Waals surface area contributed by atoms with Gasteiger partial charge in [0.2, 0.25) is 5.91 Å². The summed E-state index contributed by atoms with van der Waals surface area (Å²) in [7, 11) is 0. The average Bonchev–Trinajstić information content (AvgIpc) is 3.41. The summed E-state index contributed by atoms with van der Waals surface area (Å²) in [5.74, 6) is -0.277. The molecule has 0 aromatic rings. The SMILES string of the molecule is CC/C=C\C/C=C\C/C=C\C/C=C\C/C=C\C/C=C\CCCCCCC(=O)NC(COC1OC(CO)C(OC2OC(CO)C(OC3OC(CO)C(O)C(O)C3O)C(O)C2O)C(O)C1O)C(O)CCCCCCCCC. The van der Waals surface area contributed by atoms with E-state index in [1.165, 1.54) is 6.42 Å². The van der Waals surface area contributed by atoms with Crippen molar-refractivity contribution in [1.29, 1.82) is 0 Å². The third-order valence-corrected chi connectivity index (χ3v) is 13.5. The van der Waals surface area contributed by atoms with Crippen LogP contribution in [0.4, 0.5) is 0 Å². The van der Waals surface area contributed by atoms with Gasteiger partial charge in [-0.1, -0.05) is 145 Å². The zero-order valence-electron chi connectivity index (χ0n) is 44.5. The summed E-state index contributed by atoms with van der Waals surface area (Å²) in [6.07, 6.45) is 17.5. The molecule has 3 aliphatic heterocycles. The summed E-state index contributed by atoms with van der Waals surface area (Å²) in [4.78, 5) is 13.2. The molecule has 17 unspecified atom stereocenters. The molecule has 3 rings (SSSR count). The largest absolute Gasteiger partial charge is 0.394 e. The van der Waals surface area contributed by atoms with E-state index < -0.39 is 124 Å². The van der Waals surface area contributed by atoms with Crippen LogP contribution in [0.15, 0.2) is 72.9 Å². The van der Waals surface area contributed by atoms with E-state index in [-0.39, 0.29) is 18.9 Å². The van der Waals surface area contributed by atoms with Gasteiger partial charge in [-0.15, -0.1) is 0 Å². The molecule has 432 valence electrons. The fraction of sp³-hybridized carbons (Fsp3) is 0.768. The second-order valence-electron chi connectivity index (χ2n) is 19.7. The number of hydrogen-bond donors (Lipinski definition) is 12. The number of carbonyl (C=O) groups is 1. The molecule has 0 aliphatic carbocycles. The van der Waals surface area contributed by atoms with E-state index in [1.807, 2.05) is 0 Å². The van der Waals surface area contributed by atoms with E-state index in [0.717, 1.165) is 96.3 Å². The Morgan fingerprint density at radius 2 is 0.920 bits per heavy atom. The number of aliphatic hydroxyl groups is 11. The summed E-state index contributed by atoms with van der Waals surface area (Å²) in [6.45, 7) is 1.55. The molecule has 3 fully saturated rings. The monoisotopic (exact) mass is 1070 g/mol. The number of unbranched alkanes of at least 4 members (excludes halogenated alkanes) is 10. The molecule has 0 aromatic heterocycles. The molecule has 0 saturated carbocycles. The van der Waals surface area contributed by atoms with Gasteiger partial charge in [0.1, 0.15) is 73.2 Å². The Morgan fingerprint density at radius 3 is 1.44 bits per heavy atom. The number of aliphatic hydroxyl groups excluding tert-OH is 11. The summed E-state index contributed by atoms with van der Waals surface area (Å²) in [6, 6.07) is -0.902. The molecular weight excluding hydrogens is 975 g/mol. The van der Waals surface area contributed by atoms with Crippen molar-refractivity contribution in [3.05, 3.63) is 72.9 Å². The molecule has 12 N–H and O–H groups in total. The maximum atomic E-state index is 13.2. The van der Waals surface area contributed by atoms with Gasteiger partial charge >= 0.3 is 0 Å². The minimum atomic E-state index is -1.98. The number of hydrogen-bond acceptors (Lipinski definition) is 18. The van der Waals surface area contributed by atoms with Crippen LogP contribution in [0.5, 0.6) is 0 Å². The Morgan fingerprint density at radius 1 is 0.493 bits per heavy atom. The van der Waals surface area contributed by atoms with Crippen LogP contribution in [0, 0.1) is 0 Å². The second kappa shape index (κ2) is 39.6.